The van der Waals surface area contributed by atoms with Gasteiger partial charge in [-0.25, -0.2) is 19.6 Å². The number of aliphatic imine (C=N–C) groups is 2. The minimum absolute atomic E-state index is 0.168. The summed E-state index contributed by atoms with van der Waals surface area (Å²) >= 11 is 0. The van der Waals surface area contributed by atoms with E-state index in [2.05, 4.69) is 15.3 Å². The number of carbonyl (C=O) groups excluding carboxylic acids is 2. The molecule has 21 heavy (non-hydrogen) atoms. The van der Waals surface area contributed by atoms with Crippen molar-refractivity contribution in [1.82, 2.24) is 10.2 Å². The topological polar surface area (TPSA) is 100 Å². The molecule has 0 spiro atoms. The van der Waals surface area contributed by atoms with Gasteiger partial charge in [-0.3, -0.25) is 4.90 Å². The lowest BCUT2D eigenvalue weighted by Gasteiger charge is -2.16. The summed E-state index contributed by atoms with van der Waals surface area (Å²) in [5, 5.41) is 2.49. The first-order valence-electron chi connectivity index (χ1n) is 6.20. The molecule has 0 unspecified atom stereocenters. The third-order valence-electron chi connectivity index (χ3n) is 2.62. The van der Waals surface area contributed by atoms with Gasteiger partial charge in [-0.05, 0) is 25.0 Å². The summed E-state index contributed by atoms with van der Waals surface area (Å²) in [5.41, 5.74) is 8.64. The first kappa shape index (κ1) is 18.3. The normalized spacial score (nSPS) is 9.86. The molecule has 0 fully saturated rings. The van der Waals surface area contributed by atoms with E-state index in [-0.39, 0.29) is 12.0 Å². The van der Waals surface area contributed by atoms with Crippen molar-refractivity contribution < 1.29 is 9.59 Å². The van der Waals surface area contributed by atoms with Gasteiger partial charge in [-0.15, -0.1) is 0 Å². The summed E-state index contributed by atoms with van der Waals surface area (Å²) < 4.78 is 0. The maximum absolute atomic E-state index is 11.4. The van der Waals surface area contributed by atoms with Crippen molar-refractivity contribution in [3.8, 4) is 0 Å². The van der Waals surface area contributed by atoms with Gasteiger partial charge in [0, 0.05) is 21.1 Å². The van der Waals surface area contributed by atoms with Crippen LogP contribution in [0.3, 0.4) is 0 Å². The largest absolute Gasteiger partial charge is 0.369 e. The van der Waals surface area contributed by atoms with E-state index in [1.165, 1.54) is 18.0 Å². The molecule has 7 heteroatoms. The maximum atomic E-state index is 11.4. The predicted octanol–water partition coefficient (Wildman–Crippen LogP) is 1.47. The molecule has 0 aliphatic rings. The second-order valence-electron chi connectivity index (χ2n) is 4.14. The van der Waals surface area contributed by atoms with Crippen LogP contribution in [0.2, 0.25) is 0 Å². The standard InChI is InChI=1S/C12H18N4O.C2H3NO/c1-8-6-5-7-9(2)10(8)15-11(13)16(4)12(17)14-3;1-3-2-4/h5-7H,1-4H3,(H2,13,15)(H,14,17);1H3. The van der Waals surface area contributed by atoms with E-state index in [0.29, 0.717) is 0 Å². The molecule has 0 aliphatic carbocycles. The summed E-state index contributed by atoms with van der Waals surface area (Å²) in [7, 11) is 4.50. The van der Waals surface area contributed by atoms with Crippen molar-refractivity contribution in [2.75, 3.05) is 21.1 Å². The van der Waals surface area contributed by atoms with Crippen LogP contribution in [0.4, 0.5) is 10.5 Å². The number of guanidine groups is 1. The number of nitrogens with one attached hydrogen (secondary N) is 1. The Morgan fingerprint density at radius 3 is 2.19 bits per heavy atom. The van der Waals surface area contributed by atoms with Crippen LogP contribution in [0.5, 0.6) is 0 Å². The minimum atomic E-state index is -0.294. The number of isocyanates is 1. The van der Waals surface area contributed by atoms with Crippen LogP contribution in [-0.2, 0) is 4.79 Å². The summed E-state index contributed by atoms with van der Waals surface area (Å²) in [6.07, 6.45) is 1.31. The van der Waals surface area contributed by atoms with E-state index in [4.69, 9.17) is 10.5 Å². The Hall–Kier alpha value is -2.66. The van der Waals surface area contributed by atoms with Gasteiger partial charge in [0.05, 0.1) is 5.69 Å². The van der Waals surface area contributed by atoms with Gasteiger partial charge in [0.2, 0.25) is 12.0 Å². The average molecular weight is 291 g/mol. The number of nitrogens with two attached hydrogens (primary N) is 1. The molecule has 0 saturated carbocycles. The molecular formula is C14H21N5O2. The van der Waals surface area contributed by atoms with Gasteiger partial charge >= 0.3 is 6.03 Å². The zero-order valence-corrected chi connectivity index (χ0v) is 13.0. The van der Waals surface area contributed by atoms with Crippen molar-refractivity contribution in [3.63, 3.8) is 0 Å². The second kappa shape index (κ2) is 9.28. The summed E-state index contributed by atoms with van der Waals surface area (Å²) in [6.45, 7) is 3.91. The smallest absolute Gasteiger partial charge is 0.323 e. The van der Waals surface area contributed by atoms with Gasteiger partial charge in [-0.2, -0.15) is 0 Å². The summed E-state index contributed by atoms with van der Waals surface area (Å²) in [6, 6.07) is 5.58. The molecule has 3 N–H and O–H groups in total. The Morgan fingerprint density at radius 2 is 1.81 bits per heavy atom. The third kappa shape index (κ3) is 5.88. The van der Waals surface area contributed by atoms with Crippen molar-refractivity contribution in [3.05, 3.63) is 29.3 Å². The number of carbonyl (C=O) groups is 1. The van der Waals surface area contributed by atoms with Gasteiger partial charge in [0.25, 0.3) is 0 Å². The van der Waals surface area contributed by atoms with Crippen LogP contribution >= 0.6 is 0 Å². The third-order valence-corrected chi connectivity index (χ3v) is 2.62. The lowest BCUT2D eigenvalue weighted by molar-refractivity contribution is 0.228. The number of aryl methyl sites for hydroxylation is 2. The number of para-hydroxylation sites is 1. The molecule has 0 atom stereocenters. The number of urea groups is 1. The quantitative estimate of drug-likeness (QED) is 0.465. The molecular weight excluding hydrogens is 270 g/mol. The number of benzene rings is 1. The molecule has 0 radical (unpaired) electrons. The number of nitrogens with zero attached hydrogens (tertiary/aromatic N) is 3. The van der Waals surface area contributed by atoms with Gasteiger partial charge in [0.1, 0.15) is 0 Å². The fraction of sp³-hybridized carbons (Fsp3) is 0.357. The number of amides is 2. The van der Waals surface area contributed by atoms with Gasteiger partial charge < -0.3 is 11.1 Å². The van der Waals surface area contributed by atoms with E-state index < -0.39 is 0 Å². The van der Waals surface area contributed by atoms with Crippen molar-refractivity contribution in [2.24, 2.45) is 15.7 Å². The molecule has 1 aromatic carbocycles. The van der Waals surface area contributed by atoms with Crippen LogP contribution in [0.25, 0.3) is 0 Å². The highest BCUT2D eigenvalue weighted by atomic mass is 16.2. The summed E-state index contributed by atoms with van der Waals surface area (Å²) in [4.78, 5) is 28.7. The Morgan fingerprint density at radius 1 is 1.33 bits per heavy atom. The molecule has 7 nitrogen and oxygen atoms in total. The molecule has 2 amide bonds. The lowest BCUT2D eigenvalue weighted by Crippen LogP contribution is -2.43. The molecule has 1 rings (SSSR count). The highest BCUT2D eigenvalue weighted by Crippen LogP contribution is 2.22. The number of hydrogen-bond acceptors (Lipinski definition) is 4. The number of hydrogen-bond donors (Lipinski definition) is 2. The van der Waals surface area contributed by atoms with E-state index in [1.807, 2.05) is 32.0 Å². The molecule has 114 valence electrons. The van der Waals surface area contributed by atoms with Crippen molar-refractivity contribution >= 4 is 23.8 Å². The van der Waals surface area contributed by atoms with Crippen molar-refractivity contribution in [1.29, 1.82) is 0 Å². The average Bonchev–Trinajstić information content (AvgIpc) is 2.49. The highest BCUT2D eigenvalue weighted by molar-refractivity contribution is 5.96. The zero-order chi connectivity index (χ0) is 16.4. The second-order valence-corrected chi connectivity index (χ2v) is 4.14. The van der Waals surface area contributed by atoms with E-state index in [9.17, 15) is 4.79 Å². The first-order valence-corrected chi connectivity index (χ1v) is 6.20. The SMILES string of the molecule is CN=C=O.CNC(=O)N(C)C(N)=Nc1c(C)cccc1C. The van der Waals surface area contributed by atoms with Crippen LogP contribution in [0.1, 0.15) is 11.1 Å². The fourth-order valence-corrected chi connectivity index (χ4v) is 1.44. The minimum Gasteiger partial charge on any atom is -0.369 e. The molecule has 0 heterocycles. The van der Waals surface area contributed by atoms with E-state index in [1.54, 1.807) is 14.1 Å². The predicted molar refractivity (Wildman–Crippen MR) is 83.5 cm³/mol. The van der Waals surface area contributed by atoms with Gasteiger partial charge in [-0.1, -0.05) is 18.2 Å². The van der Waals surface area contributed by atoms with E-state index in [0.717, 1.165) is 16.8 Å². The van der Waals surface area contributed by atoms with Crippen LogP contribution in [-0.4, -0.2) is 44.1 Å². The van der Waals surface area contributed by atoms with Crippen molar-refractivity contribution in [2.45, 2.75) is 13.8 Å². The molecule has 0 bridgehead atoms. The van der Waals surface area contributed by atoms with Crippen LogP contribution in [0.15, 0.2) is 28.2 Å². The Kier molecular flexibility index (Phi) is 8.10. The highest BCUT2D eigenvalue weighted by Gasteiger charge is 2.10. The molecule has 0 saturated heterocycles. The lowest BCUT2D eigenvalue weighted by atomic mass is 10.1. The zero-order valence-electron chi connectivity index (χ0n) is 13.0. The molecule has 0 aromatic heterocycles. The first-order chi connectivity index (χ1) is 9.88. The van der Waals surface area contributed by atoms with Gasteiger partial charge in [0.15, 0.2) is 0 Å². The molecule has 1 aromatic rings. The number of rotatable bonds is 1. The monoisotopic (exact) mass is 291 g/mol. The Labute approximate surface area is 124 Å². The Balaban J connectivity index is 0.000000885. The van der Waals surface area contributed by atoms with Crippen LogP contribution in [0, 0.1) is 13.8 Å². The van der Waals surface area contributed by atoms with Crippen LogP contribution < -0.4 is 11.1 Å². The maximum Gasteiger partial charge on any atom is 0.323 e. The summed E-state index contributed by atoms with van der Waals surface area (Å²) in [5.74, 6) is 0.168. The molecule has 0 aliphatic heterocycles. The Bertz CT molecular complexity index is 542. The van der Waals surface area contributed by atoms with E-state index >= 15 is 0 Å². The fourth-order valence-electron chi connectivity index (χ4n) is 1.44.